The predicted octanol–water partition coefficient (Wildman–Crippen LogP) is 4.23. The molecule has 0 spiro atoms. The fraction of sp³-hybridized carbons (Fsp3) is 0.375. The van der Waals surface area contributed by atoms with Crippen molar-refractivity contribution in [1.29, 1.82) is 0 Å². The molecule has 10 heteroatoms. The lowest BCUT2D eigenvalue weighted by molar-refractivity contribution is 0.171. The van der Waals surface area contributed by atoms with Gasteiger partial charge in [-0.05, 0) is 62.5 Å². The van der Waals surface area contributed by atoms with Crippen LogP contribution < -0.4 is 14.8 Å². The molecule has 0 fully saturated rings. The molecule has 0 saturated heterocycles. The number of nitrogens with one attached hydrogen (secondary N) is 1. The summed E-state index contributed by atoms with van der Waals surface area (Å²) >= 11 is 0. The van der Waals surface area contributed by atoms with Crippen molar-refractivity contribution in [2.75, 3.05) is 44.7 Å². The fourth-order valence-electron chi connectivity index (χ4n) is 3.66. The van der Waals surface area contributed by atoms with Gasteiger partial charge in [-0.1, -0.05) is 13.8 Å². The molecule has 0 unspecified atom stereocenters. The van der Waals surface area contributed by atoms with Gasteiger partial charge in [0.05, 0.1) is 4.90 Å². The fourth-order valence-corrected chi connectivity index (χ4v) is 4.96. The Labute approximate surface area is 198 Å². The number of hydrogen-bond donors (Lipinski definition) is 1. The molecule has 1 aliphatic heterocycles. The Bertz CT molecular complexity index is 1220. The minimum Gasteiger partial charge on any atom is -0.486 e. The molecule has 2 heterocycles. The number of aromatic nitrogens is 1. The van der Waals surface area contributed by atoms with E-state index in [2.05, 4.69) is 29.0 Å². The number of sulfone groups is 1. The predicted molar refractivity (Wildman–Crippen MR) is 126 cm³/mol. The van der Waals surface area contributed by atoms with Crippen LogP contribution in [0.1, 0.15) is 20.3 Å². The standard InChI is InChI=1S/C24H28FN3O5S/c1-3-28(4-2)13-5-12-26-23-24(27-22(33-23)17-6-8-18(25)9-7-17)34(29,30)19-10-11-20-21(16-19)32-15-14-31-20/h6-11,16,26H,3-5,12-15H2,1-2H3. The van der Waals surface area contributed by atoms with Gasteiger partial charge < -0.3 is 24.1 Å². The molecule has 182 valence electrons. The summed E-state index contributed by atoms with van der Waals surface area (Å²) in [5, 5.41) is 2.86. The Morgan fingerprint density at radius 2 is 1.74 bits per heavy atom. The normalized spacial score (nSPS) is 13.3. The van der Waals surface area contributed by atoms with Crippen molar-refractivity contribution >= 4 is 15.7 Å². The second-order valence-corrected chi connectivity index (χ2v) is 9.64. The minimum absolute atomic E-state index is 0.0156. The highest BCUT2D eigenvalue weighted by molar-refractivity contribution is 7.91. The van der Waals surface area contributed by atoms with Crippen molar-refractivity contribution < 1.29 is 26.7 Å². The Kier molecular flexibility index (Phi) is 7.38. The van der Waals surface area contributed by atoms with Crippen molar-refractivity contribution in [3.8, 4) is 23.0 Å². The van der Waals surface area contributed by atoms with Crippen LogP contribution in [0.3, 0.4) is 0 Å². The van der Waals surface area contributed by atoms with Gasteiger partial charge in [0.2, 0.25) is 26.6 Å². The van der Waals surface area contributed by atoms with Gasteiger partial charge in [-0.2, -0.15) is 4.98 Å². The van der Waals surface area contributed by atoms with Crippen LogP contribution in [0.25, 0.3) is 11.5 Å². The maximum absolute atomic E-state index is 13.5. The first-order chi connectivity index (χ1) is 16.4. The zero-order valence-electron chi connectivity index (χ0n) is 19.2. The van der Waals surface area contributed by atoms with E-state index in [1.165, 1.54) is 36.4 Å². The van der Waals surface area contributed by atoms with Crippen LogP contribution in [0, 0.1) is 5.82 Å². The number of benzene rings is 2. The number of ether oxygens (including phenoxy) is 2. The summed E-state index contributed by atoms with van der Waals surface area (Å²) in [5.41, 5.74) is 0.469. The summed E-state index contributed by atoms with van der Waals surface area (Å²) in [4.78, 5) is 6.59. The van der Waals surface area contributed by atoms with Gasteiger partial charge in [0.25, 0.3) is 0 Å². The Balaban J connectivity index is 1.65. The van der Waals surface area contributed by atoms with Crippen molar-refractivity contribution in [2.24, 2.45) is 0 Å². The number of oxazole rings is 1. The molecular formula is C24H28FN3O5S. The minimum atomic E-state index is -4.05. The topological polar surface area (TPSA) is 93.9 Å². The Hall–Kier alpha value is -3.11. The molecule has 34 heavy (non-hydrogen) atoms. The van der Waals surface area contributed by atoms with Crippen LogP contribution >= 0.6 is 0 Å². The summed E-state index contributed by atoms with van der Waals surface area (Å²) in [5.74, 6) is 0.584. The van der Waals surface area contributed by atoms with E-state index >= 15 is 0 Å². The van der Waals surface area contributed by atoms with Crippen LogP contribution in [-0.4, -0.2) is 57.7 Å². The van der Waals surface area contributed by atoms with E-state index < -0.39 is 15.7 Å². The average Bonchev–Trinajstić information content (AvgIpc) is 3.29. The van der Waals surface area contributed by atoms with Gasteiger partial charge in [-0.25, -0.2) is 12.8 Å². The van der Waals surface area contributed by atoms with E-state index in [-0.39, 0.29) is 21.7 Å². The first kappa shape index (κ1) is 24.0. The zero-order valence-corrected chi connectivity index (χ0v) is 20.0. The van der Waals surface area contributed by atoms with Gasteiger partial charge in [-0.15, -0.1) is 0 Å². The average molecular weight is 490 g/mol. The van der Waals surface area contributed by atoms with E-state index in [4.69, 9.17) is 13.9 Å². The second kappa shape index (κ2) is 10.4. The molecular weight excluding hydrogens is 461 g/mol. The molecule has 0 amide bonds. The molecule has 0 radical (unpaired) electrons. The van der Waals surface area contributed by atoms with Gasteiger partial charge in [0, 0.05) is 18.2 Å². The molecule has 0 aliphatic carbocycles. The van der Waals surface area contributed by atoms with Crippen LogP contribution in [0.5, 0.6) is 11.5 Å². The van der Waals surface area contributed by atoms with Crippen molar-refractivity contribution in [3.63, 3.8) is 0 Å². The summed E-state index contributed by atoms with van der Waals surface area (Å²) in [6, 6.07) is 9.98. The lowest BCUT2D eigenvalue weighted by Gasteiger charge is -2.18. The number of nitrogens with zero attached hydrogens (tertiary/aromatic N) is 2. The van der Waals surface area contributed by atoms with Gasteiger partial charge in [0.1, 0.15) is 19.0 Å². The second-order valence-electron chi connectivity index (χ2n) is 7.78. The monoisotopic (exact) mass is 489 g/mol. The van der Waals surface area contributed by atoms with Crippen LogP contribution in [-0.2, 0) is 9.84 Å². The zero-order chi connectivity index (χ0) is 24.1. The van der Waals surface area contributed by atoms with Crippen molar-refractivity contribution in [3.05, 3.63) is 48.3 Å². The number of rotatable bonds is 10. The molecule has 0 atom stereocenters. The van der Waals surface area contributed by atoms with Gasteiger partial charge in [-0.3, -0.25) is 0 Å². The number of hydrogen-bond acceptors (Lipinski definition) is 8. The van der Waals surface area contributed by atoms with Crippen LogP contribution in [0.15, 0.2) is 56.8 Å². The van der Waals surface area contributed by atoms with E-state index in [9.17, 15) is 12.8 Å². The molecule has 8 nitrogen and oxygen atoms in total. The molecule has 1 aliphatic rings. The van der Waals surface area contributed by atoms with Gasteiger partial charge >= 0.3 is 0 Å². The molecule has 3 aromatic rings. The smallest absolute Gasteiger partial charge is 0.233 e. The van der Waals surface area contributed by atoms with Crippen molar-refractivity contribution in [2.45, 2.75) is 30.2 Å². The molecule has 2 aromatic carbocycles. The highest BCUT2D eigenvalue weighted by Crippen LogP contribution is 2.37. The highest BCUT2D eigenvalue weighted by atomic mass is 32.2. The van der Waals surface area contributed by atoms with Gasteiger partial charge in [0.15, 0.2) is 11.5 Å². The lowest BCUT2D eigenvalue weighted by Crippen LogP contribution is -2.25. The summed E-state index contributed by atoms with van der Waals surface area (Å²) in [6.07, 6.45) is 0.789. The maximum atomic E-state index is 13.5. The van der Waals surface area contributed by atoms with E-state index in [1.807, 2.05) is 0 Å². The van der Waals surface area contributed by atoms with E-state index in [0.717, 1.165) is 26.1 Å². The first-order valence-electron chi connectivity index (χ1n) is 11.3. The van der Waals surface area contributed by atoms with E-state index in [1.54, 1.807) is 6.07 Å². The number of halogens is 1. The molecule has 4 rings (SSSR count). The number of fused-ring (bicyclic) bond motifs is 1. The Morgan fingerprint density at radius 1 is 1.03 bits per heavy atom. The quantitative estimate of drug-likeness (QED) is 0.423. The van der Waals surface area contributed by atoms with Crippen LogP contribution in [0.4, 0.5) is 10.3 Å². The summed E-state index contributed by atoms with van der Waals surface area (Å²) in [6.45, 7) is 8.19. The van der Waals surface area contributed by atoms with Crippen LogP contribution in [0.2, 0.25) is 0 Å². The van der Waals surface area contributed by atoms with E-state index in [0.29, 0.717) is 36.8 Å². The molecule has 0 bridgehead atoms. The third kappa shape index (κ3) is 5.18. The molecule has 1 aromatic heterocycles. The third-order valence-corrected chi connectivity index (χ3v) is 7.26. The molecule has 0 saturated carbocycles. The molecule has 1 N–H and O–H groups in total. The first-order valence-corrected chi connectivity index (χ1v) is 12.8. The Morgan fingerprint density at radius 3 is 2.44 bits per heavy atom. The summed E-state index contributed by atoms with van der Waals surface area (Å²) < 4.78 is 57.3. The lowest BCUT2D eigenvalue weighted by atomic mass is 10.2. The maximum Gasteiger partial charge on any atom is 0.233 e. The third-order valence-electron chi connectivity index (χ3n) is 5.60. The largest absolute Gasteiger partial charge is 0.486 e. The summed E-state index contributed by atoms with van der Waals surface area (Å²) in [7, 11) is -4.05. The highest BCUT2D eigenvalue weighted by Gasteiger charge is 2.30. The SMILES string of the molecule is CCN(CC)CCCNc1oc(-c2ccc(F)cc2)nc1S(=O)(=O)c1ccc2c(c1)OCCO2. The van der Waals surface area contributed by atoms with Crippen molar-refractivity contribution in [1.82, 2.24) is 9.88 Å². The number of anilines is 1.